The minimum absolute atomic E-state index is 0.0134. The first-order valence-electron chi connectivity index (χ1n) is 6.61. The van der Waals surface area contributed by atoms with Crippen LogP contribution in [0.3, 0.4) is 0 Å². The van der Waals surface area contributed by atoms with Crippen molar-refractivity contribution in [2.45, 2.75) is 39.2 Å². The van der Waals surface area contributed by atoms with Crippen molar-refractivity contribution in [3.05, 3.63) is 29.6 Å². The van der Waals surface area contributed by atoms with Crippen molar-refractivity contribution in [2.24, 2.45) is 0 Å². The zero-order valence-corrected chi connectivity index (χ0v) is 11.7. The highest BCUT2D eigenvalue weighted by atomic mass is 19.1. The third kappa shape index (κ3) is 4.31. The maximum atomic E-state index is 13.7. The number of rotatable bonds is 8. The molecule has 0 aliphatic rings. The summed E-state index contributed by atoms with van der Waals surface area (Å²) >= 11 is 0. The van der Waals surface area contributed by atoms with Crippen molar-refractivity contribution in [2.75, 3.05) is 13.7 Å². The molecule has 0 saturated carbocycles. The van der Waals surface area contributed by atoms with Crippen LogP contribution in [0.1, 0.15) is 44.8 Å². The molecule has 0 N–H and O–H groups in total. The smallest absolute Gasteiger partial charge is 0.166 e. The summed E-state index contributed by atoms with van der Waals surface area (Å²) in [7, 11) is 1.41. The van der Waals surface area contributed by atoms with Crippen LogP contribution >= 0.6 is 0 Å². The number of carbonyl (C=O) groups is 1. The SMILES string of the molecule is CCCOC(C(=O)CCC)c1ccc(OC)c(F)c1. The molecule has 0 bridgehead atoms. The Kier molecular flexibility index (Phi) is 6.50. The Balaban J connectivity index is 2.96. The predicted octanol–water partition coefficient (Wildman–Crippen LogP) is 3.67. The van der Waals surface area contributed by atoms with Gasteiger partial charge in [-0.1, -0.05) is 19.9 Å². The summed E-state index contributed by atoms with van der Waals surface area (Å²) < 4.78 is 24.1. The van der Waals surface area contributed by atoms with Crippen LogP contribution in [0.25, 0.3) is 0 Å². The van der Waals surface area contributed by atoms with Gasteiger partial charge in [0.1, 0.15) is 6.10 Å². The molecule has 0 radical (unpaired) electrons. The molecule has 1 aromatic carbocycles. The Hall–Kier alpha value is -1.42. The number of methoxy groups -OCH3 is 1. The zero-order chi connectivity index (χ0) is 14.3. The molecule has 0 aliphatic carbocycles. The lowest BCUT2D eigenvalue weighted by Gasteiger charge is -2.17. The molecule has 19 heavy (non-hydrogen) atoms. The molecular weight excluding hydrogens is 247 g/mol. The lowest BCUT2D eigenvalue weighted by molar-refractivity contribution is -0.131. The molecule has 4 heteroatoms. The quantitative estimate of drug-likeness (QED) is 0.721. The fourth-order valence-corrected chi connectivity index (χ4v) is 1.83. The Bertz CT molecular complexity index is 418. The standard InChI is InChI=1S/C15H21FO3/c1-4-6-13(17)15(19-9-5-2)11-7-8-14(18-3)12(16)10-11/h7-8,10,15H,4-6,9H2,1-3H3. The maximum Gasteiger partial charge on any atom is 0.166 e. The van der Waals surface area contributed by atoms with Crippen LogP contribution in [0.15, 0.2) is 18.2 Å². The van der Waals surface area contributed by atoms with E-state index in [0.29, 0.717) is 18.6 Å². The summed E-state index contributed by atoms with van der Waals surface area (Å²) in [5.74, 6) is -0.323. The summed E-state index contributed by atoms with van der Waals surface area (Å²) in [4.78, 5) is 12.0. The maximum absolute atomic E-state index is 13.7. The summed E-state index contributed by atoms with van der Waals surface area (Å²) in [6.45, 7) is 4.38. The molecule has 0 heterocycles. The van der Waals surface area contributed by atoms with E-state index >= 15 is 0 Å². The van der Waals surface area contributed by atoms with Gasteiger partial charge in [-0.2, -0.15) is 0 Å². The van der Waals surface area contributed by atoms with Gasteiger partial charge in [-0.05, 0) is 30.5 Å². The molecular formula is C15H21FO3. The van der Waals surface area contributed by atoms with Crippen molar-refractivity contribution < 1.29 is 18.7 Å². The van der Waals surface area contributed by atoms with Gasteiger partial charge in [-0.15, -0.1) is 0 Å². The predicted molar refractivity (Wildman–Crippen MR) is 71.9 cm³/mol. The normalized spacial score (nSPS) is 12.2. The van der Waals surface area contributed by atoms with Crippen LogP contribution in [-0.2, 0) is 9.53 Å². The van der Waals surface area contributed by atoms with Gasteiger partial charge in [-0.3, -0.25) is 4.79 Å². The van der Waals surface area contributed by atoms with Crippen LogP contribution in [0.5, 0.6) is 5.75 Å². The third-order valence-electron chi connectivity index (χ3n) is 2.76. The van der Waals surface area contributed by atoms with Crippen LogP contribution in [0.4, 0.5) is 4.39 Å². The van der Waals surface area contributed by atoms with Gasteiger partial charge in [-0.25, -0.2) is 4.39 Å². The van der Waals surface area contributed by atoms with E-state index in [9.17, 15) is 9.18 Å². The minimum Gasteiger partial charge on any atom is -0.494 e. The minimum atomic E-state index is -0.680. The topological polar surface area (TPSA) is 35.5 Å². The lowest BCUT2D eigenvalue weighted by atomic mass is 10.0. The molecule has 1 rings (SSSR count). The molecule has 0 saturated heterocycles. The van der Waals surface area contributed by atoms with E-state index in [2.05, 4.69) is 0 Å². The van der Waals surface area contributed by atoms with E-state index in [1.807, 2.05) is 13.8 Å². The van der Waals surface area contributed by atoms with Gasteiger partial charge >= 0.3 is 0 Å². The van der Waals surface area contributed by atoms with E-state index in [4.69, 9.17) is 9.47 Å². The van der Waals surface area contributed by atoms with Crippen molar-refractivity contribution >= 4 is 5.78 Å². The van der Waals surface area contributed by atoms with E-state index in [1.165, 1.54) is 19.2 Å². The summed E-state index contributed by atoms with van der Waals surface area (Å²) in [6.07, 6.45) is 1.32. The number of ether oxygens (including phenoxy) is 2. The monoisotopic (exact) mass is 268 g/mol. The van der Waals surface area contributed by atoms with E-state index in [0.717, 1.165) is 12.8 Å². The average Bonchev–Trinajstić information content (AvgIpc) is 2.39. The Morgan fingerprint density at radius 3 is 2.58 bits per heavy atom. The van der Waals surface area contributed by atoms with Crippen molar-refractivity contribution in [3.8, 4) is 5.75 Å². The average molecular weight is 268 g/mol. The highest BCUT2D eigenvalue weighted by molar-refractivity contribution is 5.84. The van der Waals surface area contributed by atoms with E-state index < -0.39 is 11.9 Å². The fraction of sp³-hybridized carbons (Fsp3) is 0.533. The van der Waals surface area contributed by atoms with Crippen LogP contribution in [0, 0.1) is 5.82 Å². The van der Waals surface area contributed by atoms with Crippen LogP contribution in [-0.4, -0.2) is 19.5 Å². The summed E-state index contributed by atoms with van der Waals surface area (Å²) in [5, 5.41) is 0. The summed E-state index contributed by atoms with van der Waals surface area (Å²) in [5.41, 5.74) is 0.546. The number of ketones is 1. The molecule has 0 aromatic heterocycles. The Morgan fingerprint density at radius 1 is 1.32 bits per heavy atom. The number of benzene rings is 1. The zero-order valence-electron chi connectivity index (χ0n) is 11.7. The van der Waals surface area contributed by atoms with Gasteiger partial charge in [0, 0.05) is 13.0 Å². The third-order valence-corrected chi connectivity index (χ3v) is 2.76. The highest BCUT2D eigenvalue weighted by Gasteiger charge is 2.21. The van der Waals surface area contributed by atoms with Gasteiger partial charge in [0.15, 0.2) is 17.3 Å². The molecule has 0 amide bonds. The molecule has 1 unspecified atom stereocenters. The first kappa shape index (κ1) is 15.6. The van der Waals surface area contributed by atoms with Crippen LogP contribution in [0.2, 0.25) is 0 Å². The number of carbonyl (C=O) groups excluding carboxylic acids is 1. The van der Waals surface area contributed by atoms with E-state index in [-0.39, 0.29) is 11.5 Å². The second-order valence-electron chi connectivity index (χ2n) is 4.36. The Labute approximate surface area is 113 Å². The molecule has 0 spiro atoms. The molecule has 0 fully saturated rings. The van der Waals surface area contributed by atoms with Gasteiger partial charge in [0.25, 0.3) is 0 Å². The van der Waals surface area contributed by atoms with Gasteiger partial charge < -0.3 is 9.47 Å². The Morgan fingerprint density at radius 2 is 2.05 bits per heavy atom. The lowest BCUT2D eigenvalue weighted by Crippen LogP contribution is -2.16. The molecule has 3 nitrogen and oxygen atoms in total. The van der Waals surface area contributed by atoms with Gasteiger partial charge in [0.2, 0.25) is 0 Å². The highest BCUT2D eigenvalue weighted by Crippen LogP contribution is 2.26. The second kappa shape index (κ2) is 7.89. The second-order valence-corrected chi connectivity index (χ2v) is 4.36. The van der Waals surface area contributed by atoms with Crippen molar-refractivity contribution in [1.82, 2.24) is 0 Å². The van der Waals surface area contributed by atoms with Crippen molar-refractivity contribution in [3.63, 3.8) is 0 Å². The summed E-state index contributed by atoms with van der Waals surface area (Å²) in [6, 6.07) is 4.51. The molecule has 0 aliphatic heterocycles. The van der Waals surface area contributed by atoms with Gasteiger partial charge in [0.05, 0.1) is 7.11 Å². The molecule has 1 atom stereocenters. The fourth-order valence-electron chi connectivity index (χ4n) is 1.83. The molecule has 1 aromatic rings. The first-order valence-corrected chi connectivity index (χ1v) is 6.61. The number of halogens is 1. The van der Waals surface area contributed by atoms with Crippen molar-refractivity contribution in [1.29, 1.82) is 0 Å². The number of Topliss-reactive ketones (excluding diaryl/α,β-unsaturated/α-hetero) is 1. The van der Waals surface area contributed by atoms with E-state index in [1.54, 1.807) is 6.07 Å². The number of hydrogen-bond donors (Lipinski definition) is 0. The molecule has 106 valence electrons. The number of hydrogen-bond acceptors (Lipinski definition) is 3. The first-order chi connectivity index (χ1) is 9.13. The van der Waals surface area contributed by atoms with Crippen LogP contribution < -0.4 is 4.74 Å². The largest absolute Gasteiger partial charge is 0.494 e.